The molecule has 0 aliphatic carbocycles. The number of ketones is 1. The van der Waals surface area contributed by atoms with Crippen molar-refractivity contribution in [2.45, 2.75) is 11.9 Å². The molecule has 1 heterocycles. The standard InChI is InChI=1S/C19H15FN2O2S/c1-13-3-2-4-16(11-13)22-10-9-21-18(19(22)24)25-12-17(23)14-5-7-15(20)8-6-14/h2-11H,12H2,1H3. The van der Waals surface area contributed by atoms with Gasteiger partial charge in [-0.25, -0.2) is 9.37 Å². The maximum absolute atomic E-state index is 12.9. The Bertz CT molecular complexity index is 968. The average molecular weight is 354 g/mol. The van der Waals surface area contributed by atoms with E-state index in [0.29, 0.717) is 5.56 Å². The van der Waals surface area contributed by atoms with Crippen LogP contribution in [0.4, 0.5) is 4.39 Å². The fourth-order valence-corrected chi connectivity index (χ4v) is 3.12. The zero-order chi connectivity index (χ0) is 17.8. The Kier molecular flexibility index (Phi) is 5.09. The molecular formula is C19H15FN2O2S. The van der Waals surface area contributed by atoms with Gasteiger partial charge in [-0.15, -0.1) is 0 Å². The molecule has 25 heavy (non-hydrogen) atoms. The topological polar surface area (TPSA) is 52.0 Å². The summed E-state index contributed by atoms with van der Waals surface area (Å²) in [7, 11) is 0. The van der Waals surface area contributed by atoms with Crippen LogP contribution in [0, 0.1) is 12.7 Å². The first-order valence-electron chi connectivity index (χ1n) is 7.61. The normalized spacial score (nSPS) is 10.6. The number of hydrogen-bond donors (Lipinski definition) is 0. The van der Waals surface area contributed by atoms with Gasteiger partial charge in [0, 0.05) is 23.6 Å². The molecule has 0 aliphatic rings. The average Bonchev–Trinajstić information content (AvgIpc) is 2.61. The lowest BCUT2D eigenvalue weighted by atomic mass is 10.1. The fourth-order valence-electron chi connectivity index (χ4n) is 2.33. The Morgan fingerprint density at radius 3 is 2.68 bits per heavy atom. The molecular weight excluding hydrogens is 339 g/mol. The monoisotopic (exact) mass is 354 g/mol. The van der Waals surface area contributed by atoms with Gasteiger partial charge in [0.2, 0.25) is 0 Å². The molecule has 0 saturated heterocycles. The molecule has 0 unspecified atom stereocenters. The molecule has 6 heteroatoms. The zero-order valence-electron chi connectivity index (χ0n) is 13.5. The summed E-state index contributed by atoms with van der Waals surface area (Å²) >= 11 is 1.08. The Labute approximate surface area is 148 Å². The highest BCUT2D eigenvalue weighted by molar-refractivity contribution is 7.99. The lowest BCUT2D eigenvalue weighted by Gasteiger charge is -2.08. The Morgan fingerprint density at radius 2 is 1.96 bits per heavy atom. The summed E-state index contributed by atoms with van der Waals surface area (Å²) in [6, 6.07) is 12.9. The summed E-state index contributed by atoms with van der Waals surface area (Å²) < 4.78 is 14.4. The Balaban J connectivity index is 1.80. The van der Waals surface area contributed by atoms with Crippen LogP contribution in [0.15, 0.2) is 70.7 Å². The van der Waals surface area contributed by atoms with E-state index in [1.165, 1.54) is 35.0 Å². The van der Waals surface area contributed by atoms with Crippen LogP contribution in [0.2, 0.25) is 0 Å². The van der Waals surface area contributed by atoms with Gasteiger partial charge in [0.1, 0.15) is 5.82 Å². The van der Waals surface area contributed by atoms with E-state index in [-0.39, 0.29) is 22.1 Å². The molecule has 2 aromatic carbocycles. The summed E-state index contributed by atoms with van der Waals surface area (Å²) in [6.45, 7) is 1.95. The number of thioether (sulfide) groups is 1. The summed E-state index contributed by atoms with van der Waals surface area (Å²) in [6.07, 6.45) is 3.14. The zero-order valence-corrected chi connectivity index (χ0v) is 14.3. The van der Waals surface area contributed by atoms with Gasteiger partial charge in [-0.1, -0.05) is 23.9 Å². The first-order valence-corrected chi connectivity index (χ1v) is 8.59. The smallest absolute Gasteiger partial charge is 0.287 e. The van der Waals surface area contributed by atoms with Gasteiger partial charge in [0.15, 0.2) is 10.8 Å². The molecule has 0 amide bonds. The lowest BCUT2D eigenvalue weighted by Crippen LogP contribution is -2.21. The number of Topliss-reactive ketones (excluding diaryl/α,β-unsaturated/α-hetero) is 1. The van der Waals surface area contributed by atoms with Crippen molar-refractivity contribution in [3.8, 4) is 5.69 Å². The van der Waals surface area contributed by atoms with E-state index >= 15 is 0 Å². The van der Waals surface area contributed by atoms with Crippen LogP contribution in [-0.2, 0) is 0 Å². The van der Waals surface area contributed by atoms with Gasteiger partial charge in [0.25, 0.3) is 5.56 Å². The van der Waals surface area contributed by atoms with Crippen LogP contribution >= 0.6 is 11.8 Å². The minimum absolute atomic E-state index is 0.0612. The van der Waals surface area contributed by atoms with Gasteiger partial charge in [0.05, 0.1) is 5.75 Å². The summed E-state index contributed by atoms with van der Waals surface area (Å²) in [5.41, 5.74) is 1.93. The first kappa shape index (κ1) is 17.1. The van der Waals surface area contributed by atoms with E-state index in [1.54, 1.807) is 6.20 Å². The van der Waals surface area contributed by atoms with Crippen molar-refractivity contribution in [3.63, 3.8) is 0 Å². The third-order valence-electron chi connectivity index (χ3n) is 3.60. The number of nitrogens with zero attached hydrogens (tertiary/aromatic N) is 2. The molecule has 0 spiro atoms. The number of hydrogen-bond acceptors (Lipinski definition) is 4. The van der Waals surface area contributed by atoms with Crippen molar-refractivity contribution in [2.75, 3.05) is 5.75 Å². The maximum atomic E-state index is 12.9. The highest BCUT2D eigenvalue weighted by atomic mass is 32.2. The highest BCUT2D eigenvalue weighted by Gasteiger charge is 2.11. The fraction of sp³-hybridized carbons (Fsp3) is 0.105. The van der Waals surface area contributed by atoms with Gasteiger partial charge in [-0.05, 0) is 48.9 Å². The van der Waals surface area contributed by atoms with E-state index in [4.69, 9.17) is 0 Å². The van der Waals surface area contributed by atoms with E-state index in [1.807, 2.05) is 31.2 Å². The number of aryl methyl sites for hydroxylation is 1. The number of carbonyl (C=O) groups excluding carboxylic acids is 1. The minimum atomic E-state index is -0.394. The van der Waals surface area contributed by atoms with Crippen LogP contribution < -0.4 is 5.56 Å². The largest absolute Gasteiger partial charge is 0.293 e. The van der Waals surface area contributed by atoms with Crippen molar-refractivity contribution in [2.24, 2.45) is 0 Å². The van der Waals surface area contributed by atoms with Crippen LogP contribution in [-0.4, -0.2) is 21.1 Å². The van der Waals surface area contributed by atoms with Gasteiger partial charge in [-0.2, -0.15) is 0 Å². The summed E-state index contributed by atoms with van der Waals surface area (Å²) in [5.74, 6) is -0.516. The molecule has 0 fully saturated rings. The van der Waals surface area contributed by atoms with Gasteiger partial charge < -0.3 is 0 Å². The third-order valence-corrected chi connectivity index (χ3v) is 4.56. The maximum Gasteiger partial charge on any atom is 0.287 e. The van der Waals surface area contributed by atoms with Crippen molar-refractivity contribution >= 4 is 17.5 Å². The van der Waals surface area contributed by atoms with Crippen LogP contribution in [0.5, 0.6) is 0 Å². The molecule has 0 bridgehead atoms. The number of halogens is 1. The van der Waals surface area contributed by atoms with Crippen molar-refractivity contribution in [1.29, 1.82) is 0 Å². The number of aromatic nitrogens is 2. The molecule has 0 aliphatic heterocycles. The first-order chi connectivity index (χ1) is 12.0. The van der Waals surface area contributed by atoms with E-state index in [9.17, 15) is 14.0 Å². The van der Waals surface area contributed by atoms with E-state index in [2.05, 4.69) is 4.98 Å². The molecule has 3 rings (SSSR count). The predicted molar refractivity (Wildman–Crippen MR) is 96.0 cm³/mol. The van der Waals surface area contributed by atoms with E-state index in [0.717, 1.165) is 23.0 Å². The number of carbonyl (C=O) groups is 1. The van der Waals surface area contributed by atoms with Crippen LogP contribution in [0.3, 0.4) is 0 Å². The molecule has 3 aromatic rings. The minimum Gasteiger partial charge on any atom is -0.293 e. The Hall–Kier alpha value is -2.73. The van der Waals surface area contributed by atoms with E-state index < -0.39 is 5.82 Å². The molecule has 0 atom stereocenters. The molecule has 0 radical (unpaired) electrons. The second-order valence-electron chi connectivity index (χ2n) is 5.47. The second kappa shape index (κ2) is 7.44. The van der Waals surface area contributed by atoms with Crippen LogP contribution in [0.1, 0.15) is 15.9 Å². The number of rotatable bonds is 5. The Morgan fingerprint density at radius 1 is 1.20 bits per heavy atom. The molecule has 0 saturated carbocycles. The van der Waals surface area contributed by atoms with Crippen molar-refractivity contribution in [1.82, 2.24) is 9.55 Å². The van der Waals surface area contributed by atoms with Gasteiger partial charge >= 0.3 is 0 Å². The number of benzene rings is 2. The third kappa shape index (κ3) is 4.03. The summed E-state index contributed by atoms with van der Waals surface area (Å²) in [5, 5.41) is 0.250. The van der Waals surface area contributed by atoms with Crippen molar-refractivity contribution < 1.29 is 9.18 Å². The van der Waals surface area contributed by atoms with Crippen molar-refractivity contribution in [3.05, 3.63) is 88.2 Å². The molecule has 126 valence electrons. The molecule has 4 nitrogen and oxygen atoms in total. The predicted octanol–water partition coefficient (Wildman–Crippen LogP) is 3.66. The molecule has 0 N–H and O–H groups in total. The highest BCUT2D eigenvalue weighted by Crippen LogP contribution is 2.15. The molecule has 1 aromatic heterocycles. The van der Waals surface area contributed by atoms with Crippen LogP contribution in [0.25, 0.3) is 5.69 Å². The van der Waals surface area contributed by atoms with Gasteiger partial charge in [-0.3, -0.25) is 14.2 Å². The quantitative estimate of drug-likeness (QED) is 0.518. The summed E-state index contributed by atoms with van der Waals surface area (Å²) in [4.78, 5) is 28.8. The second-order valence-corrected chi connectivity index (χ2v) is 6.43. The SMILES string of the molecule is Cc1cccc(-n2ccnc(SCC(=O)c3ccc(F)cc3)c2=O)c1. The lowest BCUT2D eigenvalue weighted by molar-refractivity contribution is 0.102.